The van der Waals surface area contributed by atoms with E-state index in [1.807, 2.05) is 0 Å². The third-order valence-corrected chi connectivity index (χ3v) is 10.2. The molecule has 8 rings (SSSR count). The molecule has 8 saturated carbocycles. The number of imide groups is 1. The Morgan fingerprint density at radius 3 is 1.69 bits per heavy atom. The topological polar surface area (TPSA) is 114 Å². The van der Waals surface area contributed by atoms with E-state index in [0.29, 0.717) is 24.2 Å². The summed E-state index contributed by atoms with van der Waals surface area (Å²) in [6.45, 7) is -0.782. The van der Waals surface area contributed by atoms with Crippen LogP contribution in [0.1, 0.15) is 83.5 Å². The lowest BCUT2D eigenvalue weighted by molar-refractivity contribution is -0.148. The van der Waals surface area contributed by atoms with Gasteiger partial charge >= 0.3 is 12.0 Å². The number of nitrogens with one attached hydrogen (secondary N) is 3. The van der Waals surface area contributed by atoms with Gasteiger partial charge in [-0.2, -0.15) is 0 Å². The van der Waals surface area contributed by atoms with Crippen LogP contribution in [0.25, 0.3) is 0 Å². The number of amides is 4. The number of urea groups is 1. The number of hydrogen-bond donors (Lipinski definition) is 3. The van der Waals surface area contributed by atoms with Gasteiger partial charge in [0.1, 0.15) is 6.54 Å². The van der Waals surface area contributed by atoms with Gasteiger partial charge in [0.25, 0.3) is 5.91 Å². The number of carbonyl (C=O) groups excluding carboxylic acids is 4. The molecule has 0 aromatic carbocycles. The van der Waals surface area contributed by atoms with Gasteiger partial charge in [0, 0.05) is 12.0 Å². The summed E-state index contributed by atoms with van der Waals surface area (Å²) < 4.78 is 5.00. The van der Waals surface area contributed by atoms with Crippen LogP contribution in [0, 0.1) is 40.9 Å². The molecule has 0 saturated heterocycles. The molecule has 8 heteroatoms. The Labute approximate surface area is 207 Å². The first-order valence-electron chi connectivity index (χ1n) is 13.8. The summed E-state index contributed by atoms with van der Waals surface area (Å²) in [5.41, 5.74) is -0.0660. The van der Waals surface area contributed by atoms with Crippen LogP contribution in [0.15, 0.2) is 0 Å². The number of ether oxygens (including phenoxy) is 1. The molecule has 0 atom stereocenters. The van der Waals surface area contributed by atoms with Crippen molar-refractivity contribution in [3.05, 3.63) is 0 Å². The first-order chi connectivity index (χ1) is 16.8. The highest BCUT2D eigenvalue weighted by atomic mass is 16.5. The van der Waals surface area contributed by atoms with E-state index >= 15 is 0 Å². The minimum absolute atomic E-state index is 0.108. The molecular formula is C27H39N3O5. The van der Waals surface area contributed by atoms with Crippen LogP contribution in [0.4, 0.5) is 4.79 Å². The second-order valence-corrected chi connectivity index (χ2v) is 13.2. The number of carbonyl (C=O) groups is 4. The maximum atomic E-state index is 12.6. The van der Waals surface area contributed by atoms with Gasteiger partial charge in [-0.3, -0.25) is 19.7 Å². The molecule has 0 unspecified atom stereocenters. The van der Waals surface area contributed by atoms with Crippen LogP contribution in [0.5, 0.6) is 0 Å². The molecule has 8 aliphatic carbocycles. The molecule has 8 bridgehead atoms. The molecule has 8 fully saturated rings. The highest BCUT2D eigenvalue weighted by molar-refractivity contribution is 5.96. The Kier molecular flexibility index (Phi) is 5.83. The lowest BCUT2D eigenvalue weighted by Crippen LogP contribution is -2.62. The fraction of sp³-hybridized carbons (Fsp3) is 0.852. The quantitative estimate of drug-likeness (QED) is 0.480. The summed E-state index contributed by atoms with van der Waals surface area (Å²) in [4.78, 5) is 49.3. The van der Waals surface area contributed by atoms with E-state index in [0.717, 1.165) is 56.3 Å². The van der Waals surface area contributed by atoms with Crippen LogP contribution in [-0.2, 0) is 19.1 Å². The summed E-state index contributed by atoms with van der Waals surface area (Å²) >= 11 is 0. The minimum atomic E-state index is -0.666. The van der Waals surface area contributed by atoms with Gasteiger partial charge in [-0.1, -0.05) is 0 Å². The van der Waals surface area contributed by atoms with Gasteiger partial charge in [0.15, 0.2) is 6.61 Å². The zero-order chi connectivity index (χ0) is 24.2. The van der Waals surface area contributed by atoms with Gasteiger partial charge in [0.2, 0.25) is 5.91 Å². The smallest absolute Gasteiger partial charge is 0.325 e. The van der Waals surface area contributed by atoms with E-state index in [1.54, 1.807) is 0 Å². The summed E-state index contributed by atoms with van der Waals surface area (Å²) in [5.74, 6) is 2.97. The van der Waals surface area contributed by atoms with E-state index < -0.39 is 24.5 Å². The van der Waals surface area contributed by atoms with Crippen LogP contribution in [0.2, 0.25) is 0 Å². The molecule has 192 valence electrons. The largest absolute Gasteiger partial charge is 0.454 e. The molecule has 8 nitrogen and oxygen atoms in total. The molecule has 0 radical (unpaired) electrons. The van der Waals surface area contributed by atoms with Crippen molar-refractivity contribution in [3.63, 3.8) is 0 Å². The molecule has 8 aliphatic rings. The molecule has 35 heavy (non-hydrogen) atoms. The first kappa shape index (κ1) is 23.3. The fourth-order valence-electron chi connectivity index (χ4n) is 9.98. The van der Waals surface area contributed by atoms with Crippen LogP contribution in [0.3, 0.4) is 0 Å². The van der Waals surface area contributed by atoms with E-state index in [1.165, 1.54) is 38.5 Å². The van der Waals surface area contributed by atoms with E-state index in [2.05, 4.69) is 16.0 Å². The standard InChI is InChI=1S/C27H39N3O5/c31-22(13-26-7-16-1-17(8-26)3-18(2-16)9-26)28-14-24(33)35-15-23(32)29-25(34)30-27-10-19-4-20(11-27)6-21(5-19)12-27/h16-21H,1-15H2,(H,28,31)(H2,29,30,32,34). The maximum Gasteiger partial charge on any atom is 0.325 e. The third-order valence-electron chi connectivity index (χ3n) is 10.2. The zero-order valence-corrected chi connectivity index (χ0v) is 20.6. The minimum Gasteiger partial charge on any atom is -0.454 e. The van der Waals surface area contributed by atoms with Crippen LogP contribution in [-0.4, -0.2) is 42.5 Å². The van der Waals surface area contributed by atoms with Gasteiger partial charge in [0.05, 0.1) is 0 Å². The predicted octanol–water partition coefficient (Wildman–Crippen LogP) is 3.05. The molecule has 0 aromatic heterocycles. The summed E-state index contributed by atoms with van der Waals surface area (Å²) in [6, 6.07) is -0.503. The molecule has 0 heterocycles. The normalized spacial score (nSPS) is 41.9. The molecule has 0 aliphatic heterocycles. The second-order valence-electron chi connectivity index (χ2n) is 13.2. The lowest BCUT2D eigenvalue weighted by Gasteiger charge is -2.56. The highest BCUT2D eigenvalue weighted by Crippen LogP contribution is 2.61. The van der Waals surface area contributed by atoms with Crippen molar-refractivity contribution in [1.82, 2.24) is 16.0 Å². The Bertz CT molecular complexity index is 844. The molecule has 4 amide bonds. The highest BCUT2D eigenvalue weighted by Gasteiger charge is 2.52. The SMILES string of the molecule is O=C(CC12CC3CC(CC(C3)C1)C2)NCC(=O)OCC(=O)NC(=O)NC12CC3CC(CC(C3)C1)C2. The van der Waals surface area contributed by atoms with Crippen molar-refractivity contribution in [2.75, 3.05) is 13.2 Å². The first-order valence-corrected chi connectivity index (χ1v) is 13.8. The Balaban J connectivity index is 0.896. The van der Waals surface area contributed by atoms with Crippen molar-refractivity contribution in [3.8, 4) is 0 Å². The molecule has 0 aromatic rings. The van der Waals surface area contributed by atoms with E-state index in [-0.39, 0.29) is 23.4 Å². The Hall–Kier alpha value is -2.12. The van der Waals surface area contributed by atoms with Gasteiger partial charge in [-0.25, -0.2) is 4.79 Å². The number of hydrogen-bond acceptors (Lipinski definition) is 5. The maximum absolute atomic E-state index is 12.6. The van der Waals surface area contributed by atoms with Gasteiger partial charge in [-0.15, -0.1) is 0 Å². The Morgan fingerprint density at radius 1 is 0.686 bits per heavy atom. The van der Waals surface area contributed by atoms with Crippen molar-refractivity contribution < 1.29 is 23.9 Å². The number of esters is 1. The molecular weight excluding hydrogens is 446 g/mol. The van der Waals surface area contributed by atoms with Crippen molar-refractivity contribution in [2.24, 2.45) is 40.9 Å². The molecule has 3 N–H and O–H groups in total. The van der Waals surface area contributed by atoms with Crippen molar-refractivity contribution >= 4 is 23.8 Å². The predicted molar refractivity (Wildman–Crippen MR) is 127 cm³/mol. The summed E-state index contributed by atoms with van der Waals surface area (Å²) in [7, 11) is 0. The number of rotatable bonds is 7. The molecule has 0 spiro atoms. The average molecular weight is 486 g/mol. The van der Waals surface area contributed by atoms with Crippen molar-refractivity contribution in [2.45, 2.75) is 89.0 Å². The lowest BCUT2D eigenvalue weighted by atomic mass is 9.49. The third kappa shape index (κ3) is 4.94. The second kappa shape index (κ2) is 8.77. The van der Waals surface area contributed by atoms with Crippen LogP contribution >= 0.6 is 0 Å². The van der Waals surface area contributed by atoms with E-state index in [4.69, 9.17) is 4.74 Å². The van der Waals surface area contributed by atoms with Crippen LogP contribution < -0.4 is 16.0 Å². The Morgan fingerprint density at radius 2 is 1.17 bits per heavy atom. The average Bonchev–Trinajstić information content (AvgIpc) is 2.73. The fourth-order valence-corrected chi connectivity index (χ4v) is 9.98. The summed E-state index contributed by atoms with van der Waals surface area (Å²) in [5, 5.41) is 8.07. The monoisotopic (exact) mass is 485 g/mol. The zero-order valence-electron chi connectivity index (χ0n) is 20.6. The van der Waals surface area contributed by atoms with Gasteiger partial charge in [-0.05, 0) is 118 Å². The van der Waals surface area contributed by atoms with Gasteiger partial charge < -0.3 is 15.4 Å². The van der Waals surface area contributed by atoms with Crippen molar-refractivity contribution in [1.29, 1.82) is 0 Å². The summed E-state index contributed by atoms with van der Waals surface area (Å²) in [6.07, 6.45) is 14.7. The van der Waals surface area contributed by atoms with E-state index in [9.17, 15) is 19.2 Å².